The van der Waals surface area contributed by atoms with Crippen LogP contribution in [0.4, 0.5) is 0 Å². The summed E-state index contributed by atoms with van der Waals surface area (Å²) in [6, 6.07) is 11.9. The Labute approximate surface area is 123 Å². The van der Waals surface area contributed by atoms with Crippen LogP contribution < -0.4 is 5.56 Å². The molecule has 0 N–H and O–H groups in total. The molecule has 0 unspecified atom stereocenters. The molecular weight excluding hydrogens is 262 g/mol. The predicted octanol–water partition coefficient (Wildman–Crippen LogP) is 4.29. The van der Waals surface area contributed by atoms with Crippen molar-refractivity contribution >= 4 is 11.0 Å². The van der Waals surface area contributed by atoms with Gasteiger partial charge in [-0.25, -0.2) is 0 Å². The summed E-state index contributed by atoms with van der Waals surface area (Å²) in [6.07, 6.45) is 0.934. The van der Waals surface area contributed by atoms with Crippen molar-refractivity contribution in [1.82, 2.24) is 4.57 Å². The van der Waals surface area contributed by atoms with Gasteiger partial charge in [0.05, 0.1) is 5.39 Å². The van der Waals surface area contributed by atoms with Crippen LogP contribution in [0.1, 0.15) is 24.8 Å². The average molecular weight is 281 g/mol. The molecule has 2 aromatic heterocycles. The summed E-state index contributed by atoms with van der Waals surface area (Å²) in [4.78, 5) is 12.8. The summed E-state index contributed by atoms with van der Waals surface area (Å²) in [5.41, 5.74) is 3.62. The molecule has 1 aromatic carbocycles. The van der Waals surface area contributed by atoms with Crippen molar-refractivity contribution in [1.29, 1.82) is 0 Å². The molecule has 0 fully saturated rings. The van der Waals surface area contributed by atoms with E-state index < -0.39 is 0 Å². The molecule has 0 saturated carbocycles. The topological polar surface area (TPSA) is 35.1 Å². The van der Waals surface area contributed by atoms with E-state index in [1.807, 2.05) is 54.8 Å². The van der Waals surface area contributed by atoms with Crippen molar-refractivity contribution in [3.8, 4) is 11.1 Å². The lowest BCUT2D eigenvalue weighted by Gasteiger charge is -2.08. The minimum Gasteiger partial charge on any atom is -0.460 e. The molecule has 21 heavy (non-hydrogen) atoms. The number of benzene rings is 1. The summed E-state index contributed by atoms with van der Waals surface area (Å²) >= 11 is 0. The van der Waals surface area contributed by atoms with Gasteiger partial charge in [0.1, 0.15) is 11.3 Å². The summed E-state index contributed by atoms with van der Waals surface area (Å²) < 4.78 is 7.67. The van der Waals surface area contributed by atoms with E-state index in [0.717, 1.165) is 35.5 Å². The zero-order chi connectivity index (χ0) is 15.0. The summed E-state index contributed by atoms with van der Waals surface area (Å²) in [6.45, 7) is 6.69. The zero-order valence-corrected chi connectivity index (χ0v) is 12.6. The first kappa shape index (κ1) is 13.7. The molecule has 3 nitrogen and oxygen atoms in total. The Kier molecular flexibility index (Phi) is 3.42. The van der Waals surface area contributed by atoms with Crippen LogP contribution in [-0.2, 0) is 6.54 Å². The van der Waals surface area contributed by atoms with Gasteiger partial charge in [-0.1, -0.05) is 37.3 Å². The molecule has 3 rings (SSSR count). The number of aryl methyl sites for hydroxylation is 2. The Hall–Kier alpha value is -2.29. The van der Waals surface area contributed by atoms with Crippen LogP contribution in [0.3, 0.4) is 0 Å². The highest BCUT2D eigenvalue weighted by Gasteiger charge is 2.18. The quantitative estimate of drug-likeness (QED) is 0.718. The maximum Gasteiger partial charge on any atom is 0.262 e. The molecule has 0 radical (unpaired) electrons. The first-order valence-corrected chi connectivity index (χ1v) is 7.32. The van der Waals surface area contributed by atoms with E-state index in [1.165, 1.54) is 0 Å². The van der Waals surface area contributed by atoms with Crippen molar-refractivity contribution in [3.05, 3.63) is 58.2 Å². The molecule has 0 bridgehead atoms. The fourth-order valence-corrected chi connectivity index (χ4v) is 2.90. The molecular formula is C18H19NO2. The van der Waals surface area contributed by atoms with Crippen molar-refractivity contribution in [2.45, 2.75) is 33.7 Å². The monoisotopic (exact) mass is 281 g/mol. The van der Waals surface area contributed by atoms with Crippen molar-refractivity contribution in [2.75, 3.05) is 0 Å². The van der Waals surface area contributed by atoms with Crippen molar-refractivity contribution < 1.29 is 4.42 Å². The van der Waals surface area contributed by atoms with Crippen LogP contribution >= 0.6 is 0 Å². The second-order valence-corrected chi connectivity index (χ2v) is 5.38. The van der Waals surface area contributed by atoms with Crippen LogP contribution in [0.25, 0.3) is 22.1 Å². The lowest BCUT2D eigenvalue weighted by Crippen LogP contribution is -2.22. The van der Waals surface area contributed by atoms with Crippen LogP contribution in [0, 0.1) is 13.8 Å². The lowest BCUT2D eigenvalue weighted by molar-refractivity contribution is 0.575. The van der Waals surface area contributed by atoms with E-state index in [1.54, 1.807) is 0 Å². The number of furan rings is 1. The number of nitrogens with zero attached hydrogens (tertiary/aromatic N) is 1. The van der Waals surface area contributed by atoms with Gasteiger partial charge >= 0.3 is 0 Å². The minimum absolute atomic E-state index is 0.0440. The van der Waals surface area contributed by atoms with E-state index in [4.69, 9.17) is 4.42 Å². The fraction of sp³-hybridized carbons (Fsp3) is 0.278. The number of hydrogen-bond donors (Lipinski definition) is 0. The number of aromatic nitrogens is 1. The average Bonchev–Trinajstić information content (AvgIpc) is 2.80. The van der Waals surface area contributed by atoms with Gasteiger partial charge in [-0.15, -0.1) is 0 Å². The maximum absolute atomic E-state index is 12.8. The third-order valence-corrected chi connectivity index (χ3v) is 3.85. The van der Waals surface area contributed by atoms with Gasteiger partial charge in [0.25, 0.3) is 5.56 Å². The Balaban J connectivity index is 2.38. The van der Waals surface area contributed by atoms with Gasteiger partial charge in [-0.2, -0.15) is 0 Å². The smallest absolute Gasteiger partial charge is 0.262 e. The summed E-state index contributed by atoms with van der Waals surface area (Å²) in [5.74, 6) is 0.793. The molecule has 0 aliphatic rings. The van der Waals surface area contributed by atoms with Crippen molar-refractivity contribution in [3.63, 3.8) is 0 Å². The molecule has 2 heterocycles. The minimum atomic E-state index is 0.0440. The zero-order valence-electron chi connectivity index (χ0n) is 12.6. The van der Waals surface area contributed by atoms with Crippen molar-refractivity contribution in [2.24, 2.45) is 0 Å². The highest BCUT2D eigenvalue weighted by molar-refractivity contribution is 5.95. The highest BCUT2D eigenvalue weighted by Crippen LogP contribution is 2.32. The van der Waals surface area contributed by atoms with Gasteiger partial charge in [-0.3, -0.25) is 4.79 Å². The number of rotatable bonds is 3. The largest absolute Gasteiger partial charge is 0.460 e. The maximum atomic E-state index is 12.8. The highest BCUT2D eigenvalue weighted by atomic mass is 16.3. The second kappa shape index (κ2) is 5.24. The van der Waals surface area contributed by atoms with Gasteiger partial charge in [-0.05, 0) is 25.8 Å². The van der Waals surface area contributed by atoms with Crippen LogP contribution in [0.15, 0.2) is 45.6 Å². The Morgan fingerprint density at radius 3 is 2.52 bits per heavy atom. The van der Waals surface area contributed by atoms with E-state index in [9.17, 15) is 4.79 Å². The third-order valence-electron chi connectivity index (χ3n) is 3.85. The third kappa shape index (κ3) is 2.19. The Morgan fingerprint density at radius 1 is 1.14 bits per heavy atom. The normalized spacial score (nSPS) is 11.2. The molecule has 0 saturated heterocycles. The summed E-state index contributed by atoms with van der Waals surface area (Å²) in [5, 5.41) is 0.692. The van der Waals surface area contributed by atoms with E-state index in [0.29, 0.717) is 11.0 Å². The van der Waals surface area contributed by atoms with Gasteiger partial charge in [0, 0.05) is 23.9 Å². The van der Waals surface area contributed by atoms with Gasteiger partial charge in [0.2, 0.25) is 0 Å². The lowest BCUT2D eigenvalue weighted by atomic mass is 10.0. The number of fused-ring (bicyclic) bond motifs is 1. The SMILES string of the molecule is CCCn1c(C)cc2oc(C)c(-c3ccccc3)c2c1=O. The molecule has 108 valence electrons. The first-order valence-electron chi connectivity index (χ1n) is 7.32. The number of hydrogen-bond acceptors (Lipinski definition) is 2. The second-order valence-electron chi connectivity index (χ2n) is 5.38. The Morgan fingerprint density at radius 2 is 1.86 bits per heavy atom. The van der Waals surface area contributed by atoms with Crippen LogP contribution in [-0.4, -0.2) is 4.57 Å². The molecule has 0 aliphatic heterocycles. The molecule has 0 spiro atoms. The number of pyridine rings is 1. The fourth-order valence-electron chi connectivity index (χ4n) is 2.90. The summed E-state index contributed by atoms with van der Waals surface area (Å²) in [7, 11) is 0. The van der Waals surface area contributed by atoms with Crippen LogP contribution in [0.2, 0.25) is 0 Å². The standard InChI is InChI=1S/C18H19NO2/c1-4-10-19-12(2)11-15-17(18(19)20)16(13(3)21-15)14-8-6-5-7-9-14/h5-9,11H,4,10H2,1-3H3. The molecule has 0 amide bonds. The van der Waals surface area contributed by atoms with Gasteiger partial charge < -0.3 is 8.98 Å². The predicted molar refractivity (Wildman–Crippen MR) is 85.7 cm³/mol. The Bertz CT molecular complexity index is 841. The van der Waals surface area contributed by atoms with E-state index >= 15 is 0 Å². The van der Waals surface area contributed by atoms with Gasteiger partial charge in [0.15, 0.2) is 0 Å². The van der Waals surface area contributed by atoms with E-state index in [-0.39, 0.29) is 5.56 Å². The molecule has 0 aliphatic carbocycles. The molecule has 0 atom stereocenters. The van der Waals surface area contributed by atoms with E-state index in [2.05, 4.69) is 6.92 Å². The molecule has 3 aromatic rings. The van der Waals surface area contributed by atoms with Crippen LogP contribution in [0.5, 0.6) is 0 Å². The first-order chi connectivity index (χ1) is 10.1. The molecule has 3 heteroatoms.